The molecule has 0 saturated heterocycles. The van der Waals surface area contributed by atoms with Crippen molar-refractivity contribution in [1.82, 2.24) is 0 Å². The summed E-state index contributed by atoms with van der Waals surface area (Å²) in [5.74, 6) is 0. The molecule has 0 aliphatic rings. The van der Waals surface area contributed by atoms with Gasteiger partial charge in [-0.2, -0.15) is 0 Å². The molecule has 0 aliphatic heterocycles. The van der Waals surface area contributed by atoms with Gasteiger partial charge in [0.2, 0.25) is 10.4 Å². The maximum Gasteiger partial charge on any atom is 0.329 e. The molecule has 9 heteroatoms. The van der Waals surface area contributed by atoms with Crippen LogP contribution < -0.4 is 10.7 Å². The molecule has 1 aromatic heterocycles. The Hall–Kier alpha value is -0.740. The van der Waals surface area contributed by atoms with Crippen LogP contribution in [0.1, 0.15) is 0 Å². The minimum Gasteiger partial charge on any atom is -0.726 e. The van der Waals surface area contributed by atoms with E-state index in [1.807, 2.05) is 5.38 Å². The van der Waals surface area contributed by atoms with E-state index in [4.69, 9.17) is 23.3 Å². The van der Waals surface area contributed by atoms with Gasteiger partial charge in [-0.15, -0.1) is 0 Å². The molecule has 0 fully saturated rings. The third-order valence-corrected chi connectivity index (χ3v) is 1.13. The zero-order valence-corrected chi connectivity index (χ0v) is 7.35. The number of nitrogens with two attached hydrogens (primary N) is 1. The summed E-state index contributed by atoms with van der Waals surface area (Å²) in [6, 6.07) is 0. The fraction of sp³-hybridized carbons (Fsp3) is 0. The fourth-order valence-corrected chi connectivity index (χ4v) is 0.676. The van der Waals surface area contributed by atoms with Crippen LogP contribution in [0.15, 0.2) is 11.6 Å². The largest absolute Gasteiger partial charge is 0.726 e. The number of hydrogen-bond acceptors (Lipinski definition) is 5. The van der Waals surface area contributed by atoms with Crippen molar-refractivity contribution in [1.29, 1.82) is 0 Å². The van der Waals surface area contributed by atoms with Gasteiger partial charge in [0, 0.05) is 5.38 Å². The molecule has 1 aromatic rings. The first-order chi connectivity index (χ1) is 4.89. The van der Waals surface area contributed by atoms with E-state index in [1.54, 1.807) is 6.20 Å². The molecule has 0 aromatic carbocycles. The van der Waals surface area contributed by atoms with E-state index in [9.17, 15) is 0 Å². The van der Waals surface area contributed by atoms with Crippen LogP contribution in [-0.2, 0) is 10.4 Å². The number of rotatable bonds is 0. The first-order valence-corrected chi connectivity index (χ1v) is 4.53. The molecule has 0 saturated carbocycles. The van der Waals surface area contributed by atoms with Gasteiger partial charge in [-0.3, -0.25) is 10.3 Å². The smallest absolute Gasteiger partial charge is 0.329 e. The molecule has 0 aliphatic carbocycles. The van der Waals surface area contributed by atoms with Crippen LogP contribution in [0, 0.1) is 0 Å². The molecule has 12 heavy (non-hydrogen) atoms. The molecule has 1 heterocycles. The Morgan fingerprint density at radius 1 is 1.67 bits per heavy atom. The third kappa shape index (κ3) is 16.1. The first-order valence-electron chi connectivity index (χ1n) is 2.28. The van der Waals surface area contributed by atoms with Crippen molar-refractivity contribution in [2.45, 2.75) is 0 Å². The van der Waals surface area contributed by atoms with Crippen LogP contribution >= 0.6 is 11.3 Å². The van der Waals surface area contributed by atoms with Crippen molar-refractivity contribution in [3.8, 4) is 0 Å². The lowest BCUT2D eigenvalue weighted by molar-refractivity contribution is -0.353. The summed E-state index contributed by atoms with van der Waals surface area (Å²) in [4.78, 5) is 2.80. The molecule has 0 atom stereocenters. The maximum absolute atomic E-state index is 8.63. The Labute approximate surface area is 72.7 Å². The van der Waals surface area contributed by atoms with Crippen LogP contribution in [0.4, 0.5) is 5.13 Å². The van der Waals surface area contributed by atoms with Gasteiger partial charge in [-0.25, -0.2) is 13.4 Å². The predicted octanol–water partition coefficient (Wildman–Crippen LogP) is -1.68. The quantitative estimate of drug-likeness (QED) is 0.392. The average molecular weight is 216 g/mol. The molecule has 0 bridgehead atoms. The minimum absolute atomic E-state index is 0. The number of aromatic amines is 1. The molecule has 0 spiro atoms. The normalized spacial score (nSPS) is 9.17. The van der Waals surface area contributed by atoms with Gasteiger partial charge in [0.15, 0.2) is 0 Å². The van der Waals surface area contributed by atoms with Crippen molar-refractivity contribution < 1.29 is 28.0 Å². The molecular weight excluding hydrogens is 208 g/mol. The predicted molar refractivity (Wildman–Crippen MR) is 41.2 cm³/mol. The Morgan fingerprint density at radius 3 is 2.17 bits per heavy atom. The van der Waals surface area contributed by atoms with Gasteiger partial charge in [-0.1, -0.05) is 11.3 Å². The van der Waals surface area contributed by atoms with Crippen molar-refractivity contribution in [2.75, 3.05) is 5.73 Å². The van der Waals surface area contributed by atoms with E-state index in [0.717, 1.165) is 5.13 Å². The van der Waals surface area contributed by atoms with Gasteiger partial charge >= 0.3 is 5.13 Å². The highest BCUT2D eigenvalue weighted by atomic mass is 32.3. The lowest BCUT2D eigenvalue weighted by Gasteiger charge is -1.88. The summed E-state index contributed by atoms with van der Waals surface area (Å²) in [5, 5.41) is 2.66. The highest BCUT2D eigenvalue weighted by Gasteiger charge is 1.84. The van der Waals surface area contributed by atoms with Crippen LogP contribution in [0.25, 0.3) is 0 Å². The van der Waals surface area contributed by atoms with Crippen LogP contribution in [0.2, 0.25) is 0 Å². The molecule has 0 unspecified atom stereocenters. The minimum atomic E-state index is -4.92. The number of aromatic nitrogens is 1. The molecule has 0 radical (unpaired) electrons. The van der Waals surface area contributed by atoms with Crippen molar-refractivity contribution in [2.24, 2.45) is 0 Å². The first kappa shape index (κ1) is 13.8. The lowest BCUT2D eigenvalue weighted by atomic mass is 11.0. The molecule has 6 N–H and O–H groups in total. The Balaban J connectivity index is 0. The average Bonchev–Trinajstić information content (AvgIpc) is 2.12. The van der Waals surface area contributed by atoms with E-state index in [-0.39, 0.29) is 5.48 Å². The summed E-state index contributed by atoms with van der Waals surface area (Å²) in [6.07, 6.45) is 1.81. The summed E-state index contributed by atoms with van der Waals surface area (Å²) >= 11 is 1.50. The second-order valence-electron chi connectivity index (χ2n) is 1.36. The monoisotopic (exact) mass is 216 g/mol. The van der Waals surface area contributed by atoms with Crippen LogP contribution in [-0.4, -0.2) is 23.0 Å². The highest BCUT2D eigenvalue weighted by Crippen LogP contribution is 1.96. The third-order valence-electron chi connectivity index (χ3n) is 0.489. The molecular formula is C3H8N2O5S2. The topological polar surface area (TPSA) is 149 Å². The number of anilines is 1. The van der Waals surface area contributed by atoms with Crippen molar-refractivity contribution >= 4 is 26.9 Å². The van der Waals surface area contributed by atoms with E-state index in [1.165, 1.54) is 11.3 Å². The fourth-order valence-electron chi connectivity index (χ4n) is 0.257. The number of thiazole rings is 1. The number of nitrogens with one attached hydrogen (secondary N) is 1. The standard InChI is InChI=1S/C3H4N2S.H2O4S.H2O/c4-3-5-1-2-6-3;1-5(2,3)4;/h1-2H,(H2,4,5);(H2,1,2,3,4);1H2. The summed E-state index contributed by atoms with van der Waals surface area (Å²) in [7, 11) is -4.92. The van der Waals surface area contributed by atoms with Crippen LogP contribution in [0.5, 0.6) is 0 Å². The highest BCUT2D eigenvalue weighted by molar-refractivity contribution is 7.79. The number of H-pyrrole nitrogens is 1. The van der Waals surface area contributed by atoms with Crippen molar-refractivity contribution in [3.05, 3.63) is 11.6 Å². The van der Waals surface area contributed by atoms with Gasteiger partial charge < -0.3 is 10.0 Å². The molecule has 72 valence electrons. The molecule has 0 amide bonds. The SMILES string of the molecule is Nc1[nH+]ccs1.O.O=S(=O)([O-])O. The summed E-state index contributed by atoms with van der Waals surface area (Å²) in [6.45, 7) is 0. The van der Waals surface area contributed by atoms with Gasteiger partial charge in [0.1, 0.15) is 0 Å². The van der Waals surface area contributed by atoms with E-state index in [2.05, 4.69) is 4.98 Å². The number of hydrogen-bond donors (Lipinski definition) is 2. The van der Waals surface area contributed by atoms with Gasteiger partial charge in [0.25, 0.3) is 0 Å². The van der Waals surface area contributed by atoms with Gasteiger partial charge in [-0.05, 0) is 0 Å². The van der Waals surface area contributed by atoms with Gasteiger partial charge in [0.05, 0.1) is 6.20 Å². The lowest BCUT2D eigenvalue weighted by Crippen LogP contribution is -2.00. The van der Waals surface area contributed by atoms with E-state index >= 15 is 0 Å². The zero-order valence-electron chi connectivity index (χ0n) is 5.72. The summed E-state index contributed by atoms with van der Waals surface area (Å²) < 4.78 is 32.8. The van der Waals surface area contributed by atoms with Crippen LogP contribution in [0.3, 0.4) is 0 Å². The zero-order chi connectivity index (χ0) is 8.91. The second-order valence-corrected chi connectivity index (χ2v) is 3.16. The second kappa shape index (κ2) is 5.85. The van der Waals surface area contributed by atoms with Crippen molar-refractivity contribution in [3.63, 3.8) is 0 Å². The Bertz CT molecular complexity index is 272. The van der Waals surface area contributed by atoms with E-state index < -0.39 is 10.4 Å². The maximum atomic E-state index is 8.63. The summed E-state index contributed by atoms with van der Waals surface area (Å²) in [5.41, 5.74) is 5.24. The Morgan fingerprint density at radius 2 is 2.08 bits per heavy atom. The van der Waals surface area contributed by atoms with E-state index in [0.29, 0.717) is 0 Å². The molecule has 1 rings (SSSR count). The Kier molecular flexibility index (Phi) is 6.74. The molecule has 7 nitrogen and oxygen atoms in total. The number of nitrogen functional groups attached to an aromatic ring is 1.